The standard InChI is InChI=1S/C12H16N2O/c1-8-7-9(3-6-11(8)13)12(15)14(2)10-4-5-10/h3,6-7,10H,4-5,13H2,1-2H3. The van der Waals surface area contributed by atoms with E-state index in [-0.39, 0.29) is 5.91 Å². The van der Waals surface area contributed by atoms with Crippen molar-refractivity contribution in [3.63, 3.8) is 0 Å². The summed E-state index contributed by atoms with van der Waals surface area (Å²) < 4.78 is 0. The highest BCUT2D eigenvalue weighted by molar-refractivity contribution is 5.95. The van der Waals surface area contributed by atoms with Gasteiger partial charge in [-0.15, -0.1) is 0 Å². The minimum Gasteiger partial charge on any atom is -0.399 e. The first-order chi connectivity index (χ1) is 7.09. The predicted molar refractivity (Wildman–Crippen MR) is 60.7 cm³/mol. The van der Waals surface area contributed by atoms with Crippen molar-refractivity contribution in [1.82, 2.24) is 4.90 Å². The number of amides is 1. The molecule has 15 heavy (non-hydrogen) atoms. The first-order valence-corrected chi connectivity index (χ1v) is 5.23. The van der Waals surface area contributed by atoms with Crippen molar-refractivity contribution >= 4 is 11.6 Å². The summed E-state index contributed by atoms with van der Waals surface area (Å²) in [5, 5.41) is 0. The number of aryl methyl sites for hydroxylation is 1. The fourth-order valence-electron chi connectivity index (χ4n) is 1.64. The molecule has 1 amide bonds. The summed E-state index contributed by atoms with van der Waals surface area (Å²) in [4.78, 5) is 13.8. The number of nitrogens with zero attached hydrogens (tertiary/aromatic N) is 1. The van der Waals surface area contributed by atoms with E-state index in [1.807, 2.05) is 24.9 Å². The van der Waals surface area contributed by atoms with Crippen molar-refractivity contribution in [1.29, 1.82) is 0 Å². The Balaban J connectivity index is 2.21. The Bertz CT molecular complexity index is 397. The van der Waals surface area contributed by atoms with E-state index in [4.69, 9.17) is 5.73 Å². The van der Waals surface area contributed by atoms with Crippen molar-refractivity contribution in [2.45, 2.75) is 25.8 Å². The predicted octanol–water partition coefficient (Wildman–Crippen LogP) is 1.81. The molecular weight excluding hydrogens is 188 g/mol. The molecule has 1 aliphatic carbocycles. The molecule has 0 aliphatic heterocycles. The highest BCUT2D eigenvalue weighted by Gasteiger charge is 2.30. The average Bonchev–Trinajstić information content (AvgIpc) is 3.03. The van der Waals surface area contributed by atoms with Gasteiger partial charge < -0.3 is 10.6 Å². The van der Waals surface area contributed by atoms with E-state index in [2.05, 4.69) is 0 Å². The zero-order chi connectivity index (χ0) is 11.0. The highest BCUT2D eigenvalue weighted by Crippen LogP contribution is 2.27. The van der Waals surface area contributed by atoms with Gasteiger partial charge in [0.1, 0.15) is 0 Å². The maximum Gasteiger partial charge on any atom is 0.253 e. The van der Waals surface area contributed by atoms with Gasteiger partial charge in [0.25, 0.3) is 5.91 Å². The van der Waals surface area contributed by atoms with Crippen LogP contribution in [0.2, 0.25) is 0 Å². The molecule has 1 aromatic rings. The van der Waals surface area contributed by atoms with Crippen molar-refractivity contribution in [3.05, 3.63) is 29.3 Å². The van der Waals surface area contributed by atoms with Crippen molar-refractivity contribution in [2.75, 3.05) is 12.8 Å². The van der Waals surface area contributed by atoms with Crippen LogP contribution in [0.5, 0.6) is 0 Å². The Kier molecular flexibility index (Phi) is 2.39. The summed E-state index contributed by atoms with van der Waals surface area (Å²) in [5.41, 5.74) is 8.14. The molecule has 1 saturated carbocycles. The van der Waals surface area contributed by atoms with Gasteiger partial charge in [-0.05, 0) is 43.5 Å². The molecule has 0 saturated heterocycles. The zero-order valence-electron chi connectivity index (χ0n) is 9.16. The van der Waals surface area contributed by atoms with Gasteiger partial charge in [0.2, 0.25) is 0 Å². The number of carbonyl (C=O) groups is 1. The second-order valence-corrected chi connectivity index (χ2v) is 4.22. The Morgan fingerprint density at radius 1 is 1.47 bits per heavy atom. The van der Waals surface area contributed by atoms with Crippen LogP contribution < -0.4 is 5.73 Å². The topological polar surface area (TPSA) is 46.3 Å². The number of nitrogens with two attached hydrogens (primary N) is 1. The van der Waals surface area contributed by atoms with Gasteiger partial charge >= 0.3 is 0 Å². The smallest absolute Gasteiger partial charge is 0.253 e. The lowest BCUT2D eigenvalue weighted by Crippen LogP contribution is -2.28. The maximum atomic E-state index is 12.0. The Morgan fingerprint density at radius 2 is 2.13 bits per heavy atom. The number of rotatable bonds is 2. The van der Waals surface area contributed by atoms with Crippen LogP contribution in [0.1, 0.15) is 28.8 Å². The van der Waals surface area contributed by atoms with E-state index < -0.39 is 0 Å². The molecule has 80 valence electrons. The minimum absolute atomic E-state index is 0.0978. The fraction of sp³-hybridized carbons (Fsp3) is 0.417. The first kappa shape index (κ1) is 10.0. The maximum absolute atomic E-state index is 12.0. The van der Waals surface area contributed by atoms with Crippen LogP contribution in [-0.4, -0.2) is 23.9 Å². The van der Waals surface area contributed by atoms with E-state index in [0.29, 0.717) is 6.04 Å². The molecule has 0 atom stereocenters. The van der Waals surface area contributed by atoms with Gasteiger partial charge in [-0.1, -0.05) is 0 Å². The van der Waals surface area contributed by atoms with Crippen LogP contribution in [0.3, 0.4) is 0 Å². The van der Waals surface area contributed by atoms with E-state index in [1.165, 1.54) is 0 Å². The third kappa shape index (κ3) is 1.96. The second kappa shape index (κ2) is 3.57. The van der Waals surface area contributed by atoms with E-state index >= 15 is 0 Å². The molecule has 3 nitrogen and oxygen atoms in total. The van der Waals surface area contributed by atoms with Crippen LogP contribution in [-0.2, 0) is 0 Å². The van der Waals surface area contributed by atoms with Gasteiger partial charge in [-0.3, -0.25) is 4.79 Å². The van der Waals surface area contributed by atoms with Gasteiger partial charge in [-0.25, -0.2) is 0 Å². The Labute approximate surface area is 89.9 Å². The number of hydrogen-bond acceptors (Lipinski definition) is 2. The normalized spacial score (nSPS) is 15.1. The molecule has 0 spiro atoms. The summed E-state index contributed by atoms with van der Waals surface area (Å²) in [5.74, 6) is 0.0978. The van der Waals surface area contributed by atoms with Gasteiger partial charge in [0.15, 0.2) is 0 Å². The van der Waals surface area contributed by atoms with Crippen molar-refractivity contribution < 1.29 is 4.79 Å². The van der Waals surface area contributed by atoms with Gasteiger partial charge in [0.05, 0.1) is 0 Å². The largest absolute Gasteiger partial charge is 0.399 e. The third-order valence-electron chi connectivity index (χ3n) is 2.93. The SMILES string of the molecule is Cc1cc(C(=O)N(C)C2CC2)ccc1N. The Morgan fingerprint density at radius 3 is 2.67 bits per heavy atom. The molecular formula is C12H16N2O. The molecule has 0 radical (unpaired) electrons. The molecule has 1 fully saturated rings. The number of nitrogen functional groups attached to an aromatic ring is 1. The van der Waals surface area contributed by atoms with Crippen LogP contribution in [0.25, 0.3) is 0 Å². The number of hydrogen-bond donors (Lipinski definition) is 1. The lowest BCUT2D eigenvalue weighted by Gasteiger charge is -2.16. The molecule has 0 aromatic heterocycles. The fourth-order valence-corrected chi connectivity index (χ4v) is 1.64. The van der Waals surface area contributed by atoms with E-state index in [1.54, 1.807) is 12.1 Å². The third-order valence-corrected chi connectivity index (χ3v) is 2.93. The summed E-state index contributed by atoms with van der Waals surface area (Å²) in [6.07, 6.45) is 2.27. The number of carbonyl (C=O) groups excluding carboxylic acids is 1. The van der Waals surface area contributed by atoms with E-state index in [9.17, 15) is 4.79 Å². The lowest BCUT2D eigenvalue weighted by atomic mass is 10.1. The second-order valence-electron chi connectivity index (χ2n) is 4.22. The quantitative estimate of drug-likeness (QED) is 0.747. The monoisotopic (exact) mass is 204 g/mol. The van der Waals surface area contributed by atoms with Crippen LogP contribution in [0.4, 0.5) is 5.69 Å². The summed E-state index contributed by atoms with van der Waals surface area (Å²) in [7, 11) is 1.87. The molecule has 2 rings (SSSR count). The number of benzene rings is 1. The minimum atomic E-state index is 0.0978. The molecule has 2 N–H and O–H groups in total. The summed E-state index contributed by atoms with van der Waals surface area (Å²) in [6.45, 7) is 1.92. The molecule has 0 unspecified atom stereocenters. The average molecular weight is 204 g/mol. The van der Waals surface area contributed by atoms with Crippen LogP contribution >= 0.6 is 0 Å². The Hall–Kier alpha value is -1.51. The number of anilines is 1. The lowest BCUT2D eigenvalue weighted by molar-refractivity contribution is 0.0785. The molecule has 3 heteroatoms. The summed E-state index contributed by atoms with van der Waals surface area (Å²) in [6, 6.07) is 5.90. The van der Waals surface area contributed by atoms with Crippen molar-refractivity contribution in [2.24, 2.45) is 0 Å². The molecule has 0 heterocycles. The molecule has 1 aromatic carbocycles. The van der Waals surface area contributed by atoms with Gasteiger partial charge in [-0.2, -0.15) is 0 Å². The van der Waals surface area contributed by atoms with Crippen LogP contribution in [0.15, 0.2) is 18.2 Å². The van der Waals surface area contributed by atoms with Crippen molar-refractivity contribution in [3.8, 4) is 0 Å². The first-order valence-electron chi connectivity index (χ1n) is 5.23. The zero-order valence-corrected chi connectivity index (χ0v) is 9.16. The summed E-state index contributed by atoms with van der Waals surface area (Å²) >= 11 is 0. The van der Waals surface area contributed by atoms with Crippen LogP contribution in [0, 0.1) is 6.92 Å². The highest BCUT2D eigenvalue weighted by atomic mass is 16.2. The van der Waals surface area contributed by atoms with E-state index in [0.717, 1.165) is 29.7 Å². The molecule has 0 bridgehead atoms. The molecule has 1 aliphatic rings. The van der Waals surface area contributed by atoms with Gasteiger partial charge in [0, 0.05) is 24.3 Å².